The van der Waals surface area contributed by atoms with Crippen LogP contribution in [0.1, 0.15) is 0 Å². The van der Waals surface area contributed by atoms with Gasteiger partial charge in [-0.25, -0.2) is 4.41 Å². The Hall–Kier alpha value is -0.350. The standard InChI is InChI=1S/C5H10N2OS/c1-7-6-3-5(4-8)9(7)2/h3,8H,4H2,1-2H3. The van der Waals surface area contributed by atoms with E-state index in [1.54, 1.807) is 6.21 Å². The second kappa shape index (κ2) is 2.49. The van der Waals surface area contributed by atoms with E-state index >= 15 is 0 Å². The number of aliphatic hydroxyl groups excluding tert-OH is 1. The molecule has 4 heteroatoms. The topological polar surface area (TPSA) is 35.8 Å². The summed E-state index contributed by atoms with van der Waals surface area (Å²) in [6.07, 6.45) is 3.77. The molecule has 0 aliphatic carbocycles. The average molecular weight is 146 g/mol. The van der Waals surface area contributed by atoms with Crippen LogP contribution >= 0.6 is 10.7 Å². The number of hydrogen-bond acceptors (Lipinski definition) is 3. The lowest BCUT2D eigenvalue weighted by molar-refractivity contribution is 0.361. The molecule has 0 spiro atoms. The van der Waals surface area contributed by atoms with Crippen molar-refractivity contribution >= 4 is 21.7 Å². The Morgan fingerprint density at radius 1 is 1.89 bits per heavy atom. The smallest absolute Gasteiger partial charge is 0.0765 e. The van der Waals surface area contributed by atoms with Gasteiger partial charge in [0.2, 0.25) is 0 Å². The highest BCUT2D eigenvalue weighted by molar-refractivity contribution is 8.14. The minimum absolute atomic E-state index is 0.0224. The molecule has 1 rings (SSSR count). The van der Waals surface area contributed by atoms with Gasteiger partial charge in [-0.15, -0.1) is 0 Å². The van der Waals surface area contributed by atoms with E-state index in [1.165, 1.54) is 0 Å². The fourth-order valence-corrected chi connectivity index (χ4v) is 1.51. The maximum Gasteiger partial charge on any atom is 0.0765 e. The first-order valence-corrected chi connectivity index (χ1v) is 4.25. The van der Waals surface area contributed by atoms with E-state index in [-0.39, 0.29) is 17.3 Å². The highest BCUT2D eigenvalue weighted by Gasteiger charge is 2.07. The van der Waals surface area contributed by atoms with Crippen LogP contribution in [0.3, 0.4) is 0 Å². The number of hydrogen-bond donors (Lipinski definition) is 1. The van der Waals surface area contributed by atoms with Crippen LogP contribution in [0.2, 0.25) is 0 Å². The maximum atomic E-state index is 8.71. The molecule has 1 aliphatic heterocycles. The summed E-state index contributed by atoms with van der Waals surface area (Å²) in [5, 5.41) is 12.7. The second-order valence-corrected chi connectivity index (χ2v) is 3.82. The Kier molecular flexibility index (Phi) is 1.87. The Morgan fingerprint density at radius 3 is 2.78 bits per heavy atom. The van der Waals surface area contributed by atoms with Crippen LogP contribution in [0.25, 0.3) is 0 Å². The van der Waals surface area contributed by atoms with Crippen molar-refractivity contribution < 1.29 is 5.11 Å². The van der Waals surface area contributed by atoms with Gasteiger partial charge in [-0.05, 0) is 6.26 Å². The van der Waals surface area contributed by atoms with E-state index in [9.17, 15) is 0 Å². The van der Waals surface area contributed by atoms with Crippen molar-refractivity contribution in [1.29, 1.82) is 0 Å². The van der Waals surface area contributed by atoms with Crippen LogP contribution in [0.15, 0.2) is 5.10 Å². The fraction of sp³-hybridized carbons (Fsp3) is 0.600. The second-order valence-electron chi connectivity index (χ2n) is 1.81. The first-order chi connectivity index (χ1) is 4.25. The number of aliphatic hydroxyl groups is 1. The molecular weight excluding hydrogens is 136 g/mol. The zero-order valence-electron chi connectivity index (χ0n) is 5.53. The molecule has 3 nitrogen and oxygen atoms in total. The van der Waals surface area contributed by atoms with Crippen molar-refractivity contribution in [1.82, 2.24) is 4.41 Å². The van der Waals surface area contributed by atoms with Gasteiger partial charge in [0.25, 0.3) is 0 Å². The van der Waals surface area contributed by atoms with Crippen molar-refractivity contribution in [3.05, 3.63) is 0 Å². The van der Waals surface area contributed by atoms with Crippen LogP contribution in [0.5, 0.6) is 0 Å². The van der Waals surface area contributed by atoms with Gasteiger partial charge in [-0.3, -0.25) is 0 Å². The number of hydrazone groups is 1. The minimum Gasteiger partial charge on any atom is -0.391 e. The maximum absolute atomic E-state index is 8.71. The molecule has 0 aromatic rings. The van der Waals surface area contributed by atoms with Gasteiger partial charge in [0, 0.05) is 11.9 Å². The summed E-state index contributed by atoms with van der Waals surface area (Å²) in [5.74, 6) is 0. The van der Waals surface area contributed by atoms with Gasteiger partial charge in [-0.1, -0.05) is 10.7 Å². The van der Waals surface area contributed by atoms with Gasteiger partial charge in [-0.2, -0.15) is 5.10 Å². The molecule has 0 amide bonds. The summed E-state index contributed by atoms with van der Waals surface area (Å²) in [7, 11) is 1.93. The summed E-state index contributed by atoms with van der Waals surface area (Å²) < 4.78 is 1.85. The highest BCUT2D eigenvalue weighted by Crippen LogP contribution is 2.18. The summed E-state index contributed by atoms with van der Waals surface area (Å²) in [5.41, 5.74) is 0. The molecule has 0 aromatic carbocycles. The molecule has 1 N–H and O–H groups in total. The largest absolute Gasteiger partial charge is 0.391 e. The van der Waals surface area contributed by atoms with E-state index in [1.807, 2.05) is 17.7 Å². The number of nitrogens with zero attached hydrogens (tertiary/aromatic N) is 2. The van der Waals surface area contributed by atoms with E-state index < -0.39 is 0 Å². The van der Waals surface area contributed by atoms with Gasteiger partial charge >= 0.3 is 0 Å². The van der Waals surface area contributed by atoms with Crippen LogP contribution in [0, 0.1) is 0 Å². The lowest BCUT2D eigenvalue weighted by Gasteiger charge is -2.08. The molecule has 52 valence electrons. The zero-order valence-corrected chi connectivity index (χ0v) is 6.35. The lowest BCUT2D eigenvalue weighted by atomic mass is 10.5. The third-order valence-electron chi connectivity index (χ3n) is 1.30. The zero-order chi connectivity index (χ0) is 6.85. The van der Waals surface area contributed by atoms with E-state index in [4.69, 9.17) is 5.11 Å². The number of rotatable bonds is 1. The fourth-order valence-electron chi connectivity index (χ4n) is 0.597. The van der Waals surface area contributed by atoms with Crippen molar-refractivity contribution in [2.24, 2.45) is 5.10 Å². The first-order valence-electron chi connectivity index (χ1n) is 2.66. The summed E-state index contributed by atoms with van der Waals surface area (Å²) in [4.78, 5) is 1.01. The molecule has 0 saturated heterocycles. The molecule has 0 fully saturated rings. The van der Waals surface area contributed by atoms with Crippen molar-refractivity contribution in [2.45, 2.75) is 0 Å². The Balaban J connectivity index is 2.79. The molecular formula is C5H10N2OS. The summed E-state index contributed by atoms with van der Waals surface area (Å²) in [6.45, 7) is 0.132. The van der Waals surface area contributed by atoms with Crippen LogP contribution in [-0.4, -0.2) is 40.5 Å². The quantitative estimate of drug-likeness (QED) is 0.524. The Bertz CT molecular complexity index is 176. The van der Waals surface area contributed by atoms with Gasteiger partial charge < -0.3 is 5.11 Å². The molecule has 0 bridgehead atoms. The molecule has 1 atom stereocenters. The van der Waals surface area contributed by atoms with Gasteiger partial charge in [0.1, 0.15) is 0 Å². The predicted octanol–water partition coefficient (Wildman–Crippen LogP) is -0.104. The highest BCUT2D eigenvalue weighted by atomic mass is 32.2. The predicted molar refractivity (Wildman–Crippen MR) is 41.9 cm³/mol. The molecule has 0 saturated carbocycles. The molecule has 1 heterocycles. The Morgan fingerprint density at radius 2 is 2.56 bits per heavy atom. The average Bonchev–Trinajstić information content (AvgIpc) is 2.15. The van der Waals surface area contributed by atoms with E-state index in [0.29, 0.717) is 0 Å². The molecule has 0 aromatic heterocycles. The third-order valence-corrected chi connectivity index (χ3v) is 3.18. The van der Waals surface area contributed by atoms with E-state index in [2.05, 4.69) is 5.10 Å². The lowest BCUT2D eigenvalue weighted by Crippen LogP contribution is -2.04. The minimum atomic E-state index is 0.0224. The molecule has 9 heavy (non-hydrogen) atoms. The first kappa shape index (κ1) is 6.77. The Labute approximate surface area is 57.0 Å². The van der Waals surface area contributed by atoms with Crippen molar-refractivity contribution in [2.75, 3.05) is 19.9 Å². The van der Waals surface area contributed by atoms with Crippen LogP contribution < -0.4 is 0 Å². The third kappa shape index (κ3) is 1.14. The molecule has 1 aliphatic rings. The van der Waals surface area contributed by atoms with Crippen LogP contribution in [0.4, 0.5) is 0 Å². The normalized spacial score (nSPS) is 25.9. The molecule has 1 unspecified atom stereocenters. The van der Waals surface area contributed by atoms with E-state index in [0.717, 1.165) is 4.86 Å². The van der Waals surface area contributed by atoms with Gasteiger partial charge in [0.15, 0.2) is 0 Å². The summed E-state index contributed by atoms with van der Waals surface area (Å²) in [6, 6.07) is 0. The molecule has 0 radical (unpaired) electrons. The SMILES string of the molecule is CN1N=CC(CO)=S1C. The monoisotopic (exact) mass is 146 g/mol. The van der Waals surface area contributed by atoms with Crippen molar-refractivity contribution in [3.8, 4) is 0 Å². The van der Waals surface area contributed by atoms with Crippen molar-refractivity contribution in [3.63, 3.8) is 0 Å². The van der Waals surface area contributed by atoms with Crippen LogP contribution in [-0.2, 0) is 0 Å². The van der Waals surface area contributed by atoms with Gasteiger partial charge in [0.05, 0.1) is 12.8 Å². The summed E-state index contributed by atoms with van der Waals surface area (Å²) >= 11 is 0.